The van der Waals surface area contributed by atoms with Crippen LogP contribution in [0.25, 0.3) is 0 Å². The second kappa shape index (κ2) is 10.1. The van der Waals surface area contributed by atoms with E-state index in [0.29, 0.717) is 12.8 Å². The number of hydrogen-bond donors (Lipinski definition) is 2. The molecular formula is C19H24F8O7S. The molecular weight excluding hydrogens is 524 g/mol. The van der Waals surface area contributed by atoms with Gasteiger partial charge in [-0.2, -0.15) is 43.5 Å². The summed E-state index contributed by atoms with van der Waals surface area (Å²) in [5.74, 6) is -5.63. The molecule has 0 radical (unpaired) electrons. The van der Waals surface area contributed by atoms with Gasteiger partial charge in [-0.15, -0.1) is 0 Å². The van der Waals surface area contributed by atoms with Crippen LogP contribution >= 0.6 is 0 Å². The van der Waals surface area contributed by atoms with Crippen LogP contribution in [-0.4, -0.2) is 66.6 Å². The number of carbonyl (C=O) groups is 1. The van der Waals surface area contributed by atoms with Gasteiger partial charge in [-0.05, 0) is 37.5 Å². The van der Waals surface area contributed by atoms with Crippen molar-refractivity contribution in [1.29, 1.82) is 0 Å². The Hall–Kier alpha value is -1.52. The number of ether oxygens (including phenoxy) is 2. The molecule has 16 heteroatoms. The second-order valence-corrected chi connectivity index (χ2v) is 10.3. The monoisotopic (exact) mass is 548 g/mol. The van der Waals surface area contributed by atoms with E-state index < -0.39 is 94.8 Å². The van der Waals surface area contributed by atoms with E-state index in [-0.39, 0.29) is 12.8 Å². The molecule has 0 aromatic rings. The van der Waals surface area contributed by atoms with Gasteiger partial charge in [0.1, 0.15) is 12.7 Å². The van der Waals surface area contributed by atoms with Gasteiger partial charge in [0.2, 0.25) is 0 Å². The highest BCUT2D eigenvalue weighted by atomic mass is 32.2. The van der Waals surface area contributed by atoms with Crippen LogP contribution in [0.4, 0.5) is 35.1 Å². The Morgan fingerprint density at radius 3 is 1.91 bits per heavy atom. The van der Waals surface area contributed by atoms with Crippen molar-refractivity contribution in [3.8, 4) is 0 Å². The van der Waals surface area contributed by atoms with Crippen LogP contribution in [0.5, 0.6) is 0 Å². The molecule has 2 saturated carbocycles. The lowest BCUT2D eigenvalue weighted by atomic mass is 9.59. The van der Waals surface area contributed by atoms with E-state index in [1.807, 2.05) is 0 Å². The molecule has 0 saturated heterocycles. The summed E-state index contributed by atoms with van der Waals surface area (Å²) >= 11 is 0. The molecule has 0 spiro atoms. The third-order valence-corrected chi connectivity index (χ3v) is 7.38. The van der Waals surface area contributed by atoms with Crippen molar-refractivity contribution in [3.63, 3.8) is 0 Å². The average molecular weight is 548 g/mol. The molecule has 204 valence electrons. The molecule has 0 aromatic heterocycles. The van der Waals surface area contributed by atoms with Gasteiger partial charge >= 0.3 is 33.7 Å². The third kappa shape index (κ3) is 6.07. The number of rotatable bonds is 8. The Balaban J connectivity index is 2.11. The predicted octanol–water partition coefficient (Wildman–Crippen LogP) is 4.02. The molecule has 2 aliphatic rings. The smallest absolute Gasteiger partial charge is 0.426 e. The maximum atomic E-state index is 13.4. The summed E-state index contributed by atoms with van der Waals surface area (Å²) < 4.78 is 146. The number of halogens is 8. The zero-order chi connectivity index (χ0) is 27.0. The lowest BCUT2D eigenvalue weighted by molar-refractivity contribution is -0.394. The summed E-state index contributed by atoms with van der Waals surface area (Å²) in [5, 5.41) is 5.25. The first-order chi connectivity index (χ1) is 15.7. The maximum absolute atomic E-state index is 13.4. The summed E-state index contributed by atoms with van der Waals surface area (Å²) in [6.07, 6.45) is -13.5. The molecule has 2 fully saturated rings. The van der Waals surface area contributed by atoms with Gasteiger partial charge in [-0.25, -0.2) is 4.79 Å². The molecule has 7 nitrogen and oxygen atoms in total. The van der Waals surface area contributed by atoms with Crippen molar-refractivity contribution < 1.29 is 67.5 Å². The molecule has 0 amide bonds. The van der Waals surface area contributed by atoms with Gasteiger partial charge in [0, 0.05) is 5.92 Å². The van der Waals surface area contributed by atoms with E-state index in [0.717, 1.165) is 0 Å². The van der Waals surface area contributed by atoms with Gasteiger partial charge in [0.25, 0.3) is 5.60 Å². The number of hydrogen-bond acceptors (Lipinski definition) is 6. The quantitative estimate of drug-likeness (QED) is 0.204. The van der Waals surface area contributed by atoms with Crippen LogP contribution in [0.15, 0.2) is 12.2 Å². The van der Waals surface area contributed by atoms with Crippen molar-refractivity contribution in [2.45, 2.75) is 67.8 Å². The average Bonchev–Trinajstić information content (AvgIpc) is 2.70. The van der Waals surface area contributed by atoms with Crippen LogP contribution in [-0.2, 0) is 24.4 Å². The Morgan fingerprint density at radius 2 is 1.43 bits per heavy atom. The van der Waals surface area contributed by atoms with Gasteiger partial charge in [0.15, 0.2) is 0 Å². The van der Waals surface area contributed by atoms with E-state index in [1.165, 1.54) is 0 Å². The van der Waals surface area contributed by atoms with E-state index in [2.05, 4.69) is 11.3 Å². The lowest BCUT2D eigenvalue weighted by Crippen LogP contribution is -2.65. The number of alkyl halides is 8. The fourth-order valence-corrected chi connectivity index (χ4v) is 5.05. The zero-order valence-electron chi connectivity index (χ0n) is 18.0. The topological polar surface area (TPSA) is 110 Å². The number of esters is 1. The lowest BCUT2D eigenvalue weighted by Gasteiger charge is -2.51. The van der Waals surface area contributed by atoms with Gasteiger partial charge in [-0.3, -0.25) is 4.55 Å². The molecule has 0 aliphatic heterocycles. The molecule has 0 heterocycles. The Kier molecular flexibility index (Phi) is 8.56. The zero-order valence-corrected chi connectivity index (χ0v) is 18.9. The minimum atomic E-state index is -5.99. The van der Waals surface area contributed by atoms with Crippen molar-refractivity contribution in [2.24, 2.45) is 17.8 Å². The standard InChI is InChI=1S/C19H24F8O7S/c1-10(8-33-9-16(20,21)35(30,31)32)15(28)34-14-7-6-13(11-4-2-3-5-12(11)14)17(29,18(22,23)24)19(25,26)27/h11-14,29H,1-9H2,(H,30,31,32). The molecule has 35 heavy (non-hydrogen) atoms. The number of aliphatic hydroxyl groups is 1. The summed E-state index contributed by atoms with van der Waals surface area (Å²) in [5.41, 5.74) is -5.52. The van der Waals surface area contributed by atoms with Crippen LogP contribution in [0, 0.1) is 17.8 Å². The summed E-state index contributed by atoms with van der Waals surface area (Å²) in [7, 11) is -5.78. The first-order valence-electron chi connectivity index (χ1n) is 10.4. The van der Waals surface area contributed by atoms with Gasteiger partial charge in [-0.1, -0.05) is 19.4 Å². The fourth-order valence-electron chi connectivity index (χ4n) is 4.81. The SMILES string of the molecule is C=C(COCC(F)(F)S(=O)(=O)O)C(=O)OC1CCC(C(O)(C(F)(F)F)C(F)(F)F)C2CCCCC12. The molecule has 0 bridgehead atoms. The number of carbonyl (C=O) groups excluding carboxylic acids is 1. The third-order valence-electron chi connectivity index (χ3n) is 6.50. The van der Waals surface area contributed by atoms with Gasteiger partial charge < -0.3 is 14.6 Å². The van der Waals surface area contributed by atoms with Crippen LogP contribution in [0.2, 0.25) is 0 Å². The molecule has 4 unspecified atom stereocenters. The van der Waals surface area contributed by atoms with E-state index >= 15 is 0 Å². The highest BCUT2D eigenvalue weighted by Gasteiger charge is 2.75. The van der Waals surface area contributed by atoms with Crippen LogP contribution in [0.3, 0.4) is 0 Å². The number of fused-ring (bicyclic) bond motifs is 1. The molecule has 2 rings (SSSR count). The Labute approximate surface area is 195 Å². The minimum absolute atomic E-state index is 0.0629. The van der Waals surface area contributed by atoms with Gasteiger partial charge in [0.05, 0.1) is 12.2 Å². The highest BCUT2D eigenvalue weighted by molar-refractivity contribution is 7.86. The summed E-state index contributed by atoms with van der Waals surface area (Å²) in [4.78, 5) is 12.3. The van der Waals surface area contributed by atoms with Crippen molar-refractivity contribution in [1.82, 2.24) is 0 Å². The first kappa shape index (κ1) is 29.7. The molecule has 2 N–H and O–H groups in total. The van der Waals surface area contributed by atoms with Crippen molar-refractivity contribution in [2.75, 3.05) is 13.2 Å². The van der Waals surface area contributed by atoms with E-state index in [4.69, 9.17) is 9.29 Å². The first-order valence-corrected chi connectivity index (χ1v) is 11.8. The Morgan fingerprint density at radius 1 is 0.914 bits per heavy atom. The second-order valence-electron chi connectivity index (χ2n) is 8.71. The predicted molar refractivity (Wildman–Crippen MR) is 102 cm³/mol. The normalized spacial score (nSPS) is 26.7. The van der Waals surface area contributed by atoms with Crippen LogP contribution in [0.1, 0.15) is 38.5 Å². The molecule has 0 aromatic carbocycles. The summed E-state index contributed by atoms with van der Waals surface area (Å²) in [6, 6.07) is 0. The van der Waals surface area contributed by atoms with E-state index in [9.17, 15) is 53.4 Å². The van der Waals surface area contributed by atoms with Crippen molar-refractivity contribution >= 4 is 16.1 Å². The largest absolute Gasteiger partial charge is 0.459 e. The molecule has 4 atom stereocenters. The van der Waals surface area contributed by atoms with Crippen molar-refractivity contribution in [3.05, 3.63) is 12.2 Å². The summed E-state index contributed by atoms with van der Waals surface area (Å²) in [6.45, 7) is 0.464. The maximum Gasteiger partial charge on any atom is 0.426 e. The van der Waals surface area contributed by atoms with Crippen LogP contribution < -0.4 is 0 Å². The minimum Gasteiger partial charge on any atom is -0.459 e. The fraction of sp³-hybridized carbons (Fsp3) is 0.842. The molecule has 2 aliphatic carbocycles. The van der Waals surface area contributed by atoms with E-state index in [1.54, 1.807) is 0 Å². The Bertz CT molecular complexity index is 886. The highest BCUT2D eigenvalue weighted by Crippen LogP contribution is 2.57.